The maximum atomic E-state index is 12.7. The first-order chi connectivity index (χ1) is 10.9. The predicted molar refractivity (Wildman–Crippen MR) is 88.6 cm³/mol. The third-order valence-electron chi connectivity index (χ3n) is 4.35. The molecule has 3 rings (SSSR count). The van der Waals surface area contributed by atoms with Gasteiger partial charge in [0.1, 0.15) is 0 Å². The summed E-state index contributed by atoms with van der Waals surface area (Å²) in [6, 6.07) is 7.27. The highest BCUT2D eigenvalue weighted by molar-refractivity contribution is 6.31. The van der Waals surface area contributed by atoms with E-state index in [9.17, 15) is 9.90 Å². The second kappa shape index (κ2) is 6.34. The lowest BCUT2D eigenvalue weighted by molar-refractivity contribution is 0.0764. The van der Waals surface area contributed by atoms with E-state index in [0.29, 0.717) is 30.1 Å². The molecule has 2 N–H and O–H groups in total. The summed E-state index contributed by atoms with van der Waals surface area (Å²) in [5.41, 5.74) is 3.40. The largest absolute Gasteiger partial charge is 0.391 e. The molecule has 23 heavy (non-hydrogen) atoms. The van der Waals surface area contributed by atoms with Crippen LogP contribution in [0.1, 0.15) is 27.3 Å². The number of β-amino-alcohol motifs (C(OH)–C–C–N with tert-alkyl or cyclic N) is 1. The Morgan fingerprint density at radius 2 is 2.17 bits per heavy atom. The summed E-state index contributed by atoms with van der Waals surface area (Å²) in [4.78, 5) is 14.4. The van der Waals surface area contributed by atoms with Crippen LogP contribution in [0.5, 0.6) is 0 Å². The SMILES string of the molecule is Cc1cc(C[C@@H]2CN(C(=O)c3cc(Cl)ccc3C)C[C@H]2O)n[nH]1. The number of nitrogens with one attached hydrogen (secondary N) is 1. The Labute approximate surface area is 140 Å². The number of amides is 1. The second-order valence-electron chi connectivity index (χ2n) is 6.24. The molecule has 1 aromatic heterocycles. The number of aromatic amines is 1. The lowest BCUT2D eigenvalue weighted by atomic mass is 10.00. The van der Waals surface area contributed by atoms with Crippen molar-refractivity contribution in [3.05, 3.63) is 51.8 Å². The van der Waals surface area contributed by atoms with Crippen molar-refractivity contribution >= 4 is 17.5 Å². The average Bonchev–Trinajstić information content (AvgIpc) is 3.08. The van der Waals surface area contributed by atoms with Crippen LogP contribution in [0, 0.1) is 19.8 Å². The van der Waals surface area contributed by atoms with Gasteiger partial charge in [0.05, 0.1) is 11.8 Å². The molecule has 1 aromatic carbocycles. The van der Waals surface area contributed by atoms with Crippen LogP contribution in [-0.2, 0) is 6.42 Å². The Balaban J connectivity index is 1.72. The standard InChI is InChI=1S/C17H20ClN3O2/c1-10-3-4-13(18)7-15(10)17(23)21-8-12(16(22)9-21)6-14-5-11(2)19-20-14/h3-5,7,12,16,22H,6,8-9H2,1-2H3,(H,19,20)/t12-,16-/m1/s1. The molecule has 0 spiro atoms. The molecule has 2 aromatic rings. The van der Waals surface area contributed by atoms with E-state index in [2.05, 4.69) is 10.2 Å². The Morgan fingerprint density at radius 1 is 1.39 bits per heavy atom. The molecule has 0 saturated carbocycles. The van der Waals surface area contributed by atoms with Gasteiger partial charge in [-0.25, -0.2) is 0 Å². The summed E-state index contributed by atoms with van der Waals surface area (Å²) in [5, 5.41) is 17.9. The van der Waals surface area contributed by atoms with Gasteiger partial charge in [-0.3, -0.25) is 9.89 Å². The van der Waals surface area contributed by atoms with Gasteiger partial charge in [-0.1, -0.05) is 17.7 Å². The maximum Gasteiger partial charge on any atom is 0.254 e. The summed E-state index contributed by atoms with van der Waals surface area (Å²) < 4.78 is 0. The molecule has 1 saturated heterocycles. The van der Waals surface area contributed by atoms with Gasteiger partial charge >= 0.3 is 0 Å². The number of aryl methyl sites for hydroxylation is 2. The molecule has 1 aliphatic rings. The molecule has 1 amide bonds. The van der Waals surface area contributed by atoms with Crippen LogP contribution >= 0.6 is 11.6 Å². The number of aromatic nitrogens is 2. The first-order valence-electron chi connectivity index (χ1n) is 7.68. The van der Waals surface area contributed by atoms with Gasteiger partial charge in [0.25, 0.3) is 5.91 Å². The number of carbonyl (C=O) groups excluding carboxylic acids is 1. The lowest BCUT2D eigenvalue weighted by Crippen LogP contribution is -2.30. The van der Waals surface area contributed by atoms with Crippen molar-refractivity contribution in [1.82, 2.24) is 15.1 Å². The van der Waals surface area contributed by atoms with Crippen molar-refractivity contribution in [3.63, 3.8) is 0 Å². The van der Waals surface area contributed by atoms with Crippen molar-refractivity contribution in [1.29, 1.82) is 0 Å². The molecule has 0 aliphatic carbocycles. The van der Waals surface area contributed by atoms with Gasteiger partial charge in [0.2, 0.25) is 0 Å². The molecule has 0 bridgehead atoms. The van der Waals surface area contributed by atoms with Crippen LogP contribution in [0.15, 0.2) is 24.3 Å². The third-order valence-corrected chi connectivity index (χ3v) is 4.59. The van der Waals surface area contributed by atoms with Gasteiger partial charge < -0.3 is 10.0 Å². The molecule has 0 unspecified atom stereocenters. The third kappa shape index (κ3) is 3.41. The second-order valence-corrected chi connectivity index (χ2v) is 6.68. The fourth-order valence-corrected chi connectivity index (χ4v) is 3.24. The van der Waals surface area contributed by atoms with Crippen molar-refractivity contribution in [3.8, 4) is 0 Å². The molecular weight excluding hydrogens is 314 g/mol. The van der Waals surface area contributed by atoms with E-state index in [-0.39, 0.29) is 11.8 Å². The van der Waals surface area contributed by atoms with Crippen molar-refractivity contribution in [2.24, 2.45) is 5.92 Å². The number of hydrogen-bond donors (Lipinski definition) is 2. The molecular formula is C17H20ClN3O2. The number of halogens is 1. The van der Waals surface area contributed by atoms with Crippen molar-refractivity contribution in [2.75, 3.05) is 13.1 Å². The molecule has 122 valence electrons. The van der Waals surface area contributed by atoms with Crippen LogP contribution in [0.4, 0.5) is 0 Å². The minimum atomic E-state index is -0.532. The number of H-pyrrole nitrogens is 1. The monoisotopic (exact) mass is 333 g/mol. The van der Waals surface area contributed by atoms with Crippen LogP contribution in [0.2, 0.25) is 5.02 Å². The van der Waals surface area contributed by atoms with E-state index >= 15 is 0 Å². The quantitative estimate of drug-likeness (QED) is 0.906. The molecule has 0 radical (unpaired) electrons. The summed E-state index contributed by atoms with van der Waals surface area (Å²) >= 11 is 6.00. The van der Waals surface area contributed by atoms with E-state index in [1.54, 1.807) is 17.0 Å². The summed E-state index contributed by atoms with van der Waals surface area (Å²) in [7, 11) is 0. The zero-order valence-corrected chi connectivity index (χ0v) is 14.0. The van der Waals surface area contributed by atoms with Crippen LogP contribution in [0.25, 0.3) is 0 Å². The fourth-order valence-electron chi connectivity index (χ4n) is 3.06. The van der Waals surface area contributed by atoms with Crippen LogP contribution in [0.3, 0.4) is 0 Å². The zero-order valence-electron chi connectivity index (χ0n) is 13.2. The van der Waals surface area contributed by atoms with Gasteiger partial charge in [0, 0.05) is 35.3 Å². The van der Waals surface area contributed by atoms with E-state index in [1.807, 2.05) is 26.0 Å². The molecule has 5 nitrogen and oxygen atoms in total. The average molecular weight is 334 g/mol. The van der Waals surface area contributed by atoms with Gasteiger partial charge in [-0.15, -0.1) is 0 Å². The van der Waals surface area contributed by atoms with E-state index < -0.39 is 6.10 Å². The molecule has 2 heterocycles. The Bertz CT molecular complexity index is 728. The summed E-state index contributed by atoms with van der Waals surface area (Å²) in [5.74, 6) is -0.0779. The smallest absolute Gasteiger partial charge is 0.254 e. The Kier molecular flexibility index (Phi) is 4.41. The highest BCUT2D eigenvalue weighted by Gasteiger charge is 2.35. The summed E-state index contributed by atoms with van der Waals surface area (Å²) in [6.45, 7) is 4.70. The number of carbonyl (C=O) groups is 1. The topological polar surface area (TPSA) is 69.2 Å². The van der Waals surface area contributed by atoms with Crippen molar-refractivity contribution < 1.29 is 9.90 Å². The van der Waals surface area contributed by atoms with E-state index in [0.717, 1.165) is 17.0 Å². The minimum absolute atomic E-state index is 0.00106. The van der Waals surface area contributed by atoms with E-state index in [1.165, 1.54) is 0 Å². The molecule has 6 heteroatoms. The van der Waals surface area contributed by atoms with Crippen molar-refractivity contribution in [2.45, 2.75) is 26.4 Å². The number of aliphatic hydroxyl groups excluding tert-OH is 1. The maximum absolute atomic E-state index is 12.7. The van der Waals surface area contributed by atoms with Crippen LogP contribution in [-0.4, -0.2) is 45.3 Å². The highest BCUT2D eigenvalue weighted by Crippen LogP contribution is 2.24. The number of rotatable bonds is 3. The highest BCUT2D eigenvalue weighted by atomic mass is 35.5. The predicted octanol–water partition coefficient (Wildman–Crippen LogP) is 2.36. The number of nitrogens with zero attached hydrogens (tertiary/aromatic N) is 2. The van der Waals surface area contributed by atoms with Gasteiger partial charge in [-0.05, 0) is 44.0 Å². The molecule has 1 fully saturated rings. The Morgan fingerprint density at radius 3 is 2.87 bits per heavy atom. The first kappa shape index (κ1) is 16.0. The van der Waals surface area contributed by atoms with Gasteiger partial charge in [0.15, 0.2) is 0 Å². The zero-order chi connectivity index (χ0) is 16.6. The molecule has 2 atom stereocenters. The number of hydrogen-bond acceptors (Lipinski definition) is 3. The number of benzene rings is 1. The summed E-state index contributed by atoms with van der Waals surface area (Å²) in [6.07, 6.45) is 0.125. The van der Waals surface area contributed by atoms with E-state index in [4.69, 9.17) is 11.6 Å². The van der Waals surface area contributed by atoms with Crippen LogP contribution < -0.4 is 0 Å². The molecule has 1 aliphatic heterocycles. The Hall–Kier alpha value is -1.85. The minimum Gasteiger partial charge on any atom is -0.391 e. The number of aliphatic hydroxyl groups is 1. The normalized spacial score (nSPS) is 21.0. The fraction of sp³-hybridized carbons (Fsp3) is 0.412. The lowest BCUT2D eigenvalue weighted by Gasteiger charge is -2.17. The number of likely N-dealkylation sites (tertiary alicyclic amines) is 1. The van der Waals surface area contributed by atoms with Gasteiger partial charge in [-0.2, -0.15) is 5.10 Å². The first-order valence-corrected chi connectivity index (χ1v) is 8.06.